The first-order chi connectivity index (χ1) is 31.7. The van der Waals surface area contributed by atoms with Gasteiger partial charge in [0.15, 0.2) is 6.10 Å². The molecule has 0 unspecified atom stereocenters. The summed E-state index contributed by atoms with van der Waals surface area (Å²) in [6.07, 6.45) is 55.2. The predicted octanol–water partition coefficient (Wildman–Crippen LogP) is 19.3. The number of rotatable bonds is 53. The Morgan fingerprint density at radius 3 is 0.754 bits per heavy atom. The molecule has 0 bridgehead atoms. The summed E-state index contributed by atoms with van der Waals surface area (Å²) < 4.78 is 16.9. The Balaban J connectivity index is 4.29. The van der Waals surface area contributed by atoms with Gasteiger partial charge in [-0.25, -0.2) is 0 Å². The van der Waals surface area contributed by atoms with E-state index in [4.69, 9.17) is 14.2 Å². The second-order valence-corrected chi connectivity index (χ2v) is 21.2. The van der Waals surface area contributed by atoms with Crippen molar-refractivity contribution >= 4 is 17.9 Å². The molecular weight excluding hydrogens is 805 g/mol. The Kier molecular flexibility index (Phi) is 50.5. The number of unbranched alkanes of at least 4 members (excludes halogenated alkanes) is 38. The van der Waals surface area contributed by atoms with Crippen molar-refractivity contribution in [1.82, 2.24) is 0 Å². The van der Waals surface area contributed by atoms with Gasteiger partial charge >= 0.3 is 17.9 Å². The van der Waals surface area contributed by atoms with Gasteiger partial charge in [-0.15, -0.1) is 0 Å². The lowest BCUT2D eigenvalue weighted by Crippen LogP contribution is -2.30. The Hall–Kier alpha value is -1.59. The van der Waals surface area contributed by atoms with Gasteiger partial charge in [0.1, 0.15) is 13.2 Å². The van der Waals surface area contributed by atoms with E-state index in [0.717, 1.165) is 69.6 Å². The maximum absolute atomic E-state index is 12.8. The highest BCUT2D eigenvalue weighted by atomic mass is 16.6. The zero-order chi connectivity index (χ0) is 47.5. The molecule has 0 saturated heterocycles. The molecule has 0 N–H and O–H groups in total. The quantitative estimate of drug-likeness (QED) is 0.0344. The van der Waals surface area contributed by atoms with Gasteiger partial charge in [-0.05, 0) is 31.1 Å². The number of carbonyl (C=O) groups is 3. The van der Waals surface area contributed by atoms with Crippen LogP contribution in [-0.4, -0.2) is 37.2 Å². The lowest BCUT2D eigenvalue weighted by molar-refractivity contribution is -0.167. The molecule has 0 heterocycles. The molecule has 0 aliphatic heterocycles. The van der Waals surface area contributed by atoms with Crippen LogP contribution in [0.3, 0.4) is 0 Å². The van der Waals surface area contributed by atoms with Gasteiger partial charge in [-0.1, -0.05) is 291 Å². The summed E-state index contributed by atoms with van der Waals surface area (Å²) >= 11 is 0. The minimum atomic E-state index is -0.763. The molecule has 0 radical (unpaired) electrons. The normalized spacial score (nSPS) is 12.0. The van der Waals surface area contributed by atoms with Gasteiger partial charge < -0.3 is 14.2 Å². The van der Waals surface area contributed by atoms with Crippen molar-refractivity contribution in [2.24, 2.45) is 11.8 Å². The summed E-state index contributed by atoms with van der Waals surface area (Å²) in [6.45, 7) is 11.4. The molecule has 0 spiro atoms. The second kappa shape index (κ2) is 51.8. The van der Waals surface area contributed by atoms with Gasteiger partial charge in [0, 0.05) is 19.3 Å². The second-order valence-electron chi connectivity index (χ2n) is 21.2. The first-order valence-corrected chi connectivity index (χ1v) is 29.2. The summed E-state index contributed by atoms with van der Waals surface area (Å²) in [4.78, 5) is 38.2. The molecular formula is C59H114O6. The van der Waals surface area contributed by atoms with Crippen molar-refractivity contribution in [2.45, 2.75) is 336 Å². The van der Waals surface area contributed by atoms with Gasteiger partial charge in [-0.3, -0.25) is 14.4 Å². The van der Waals surface area contributed by atoms with E-state index in [2.05, 4.69) is 34.6 Å². The molecule has 0 aliphatic carbocycles. The molecule has 386 valence electrons. The fourth-order valence-electron chi connectivity index (χ4n) is 9.05. The van der Waals surface area contributed by atoms with Crippen LogP contribution < -0.4 is 0 Å². The van der Waals surface area contributed by atoms with Gasteiger partial charge in [0.25, 0.3) is 0 Å². The van der Waals surface area contributed by atoms with E-state index in [1.165, 1.54) is 218 Å². The van der Waals surface area contributed by atoms with Gasteiger partial charge in [-0.2, -0.15) is 0 Å². The highest BCUT2D eigenvalue weighted by molar-refractivity contribution is 5.71. The molecule has 1 atom stereocenters. The van der Waals surface area contributed by atoms with E-state index in [0.29, 0.717) is 19.3 Å². The van der Waals surface area contributed by atoms with E-state index in [1.54, 1.807) is 0 Å². The maximum Gasteiger partial charge on any atom is 0.306 e. The number of hydrogen-bond donors (Lipinski definition) is 0. The number of esters is 3. The van der Waals surface area contributed by atoms with Crippen LogP contribution in [0.25, 0.3) is 0 Å². The maximum atomic E-state index is 12.8. The van der Waals surface area contributed by atoms with Gasteiger partial charge in [0.2, 0.25) is 0 Å². The zero-order valence-corrected chi connectivity index (χ0v) is 44.6. The van der Waals surface area contributed by atoms with Crippen LogP contribution in [0.5, 0.6) is 0 Å². The Labute approximate surface area is 406 Å². The van der Waals surface area contributed by atoms with Crippen molar-refractivity contribution in [1.29, 1.82) is 0 Å². The summed E-state index contributed by atoms with van der Waals surface area (Å²) in [5, 5.41) is 0. The Morgan fingerprint density at radius 1 is 0.292 bits per heavy atom. The molecule has 0 aromatic carbocycles. The lowest BCUT2D eigenvalue weighted by atomic mass is 10.0. The van der Waals surface area contributed by atoms with E-state index in [9.17, 15) is 14.4 Å². The third-order valence-corrected chi connectivity index (χ3v) is 13.5. The summed E-state index contributed by atoms with van der Waals surface area (Å²) in [7, 11) is 0. The van der Waals surface area contributed by atoms with E-state index < -0.39 is 6.10 Å². The molecule has 0 amide bonds. The molecule has 6 heteroatoms. The largest absolute Gasteiger partial charge is 0.462 e. The molecule has 0 aromatic heterocycles. The van der Waals surface area contributed by atoms with E-state index in [-0.39, 0.29) is 31.1 Å². The van der Waals surface area contributed by atoms with Crippen LogP contribution >= 0.6 is 0 Å². The van der Waals surface area contributed by atoms with Crippen molar-refractivity contribution in [2.75, 3.05) is 13.2 Å². The molecule has 0 rings (SSSR count). The van der Waals surface area contributed by atoms with Crippen LogP contribution in [0.4, 0.5) is 0 Å². The van der Waals surface area contributed by atoms with Crippen molar-refractivity contribution in [3.05, 3.63) is 0 Å². The zero-order valence-electron chi connectivity index (χ0n) is 44.6. The third-order valence-electron chi connectivity index (χ3n) is 13.5. The minimum Gasteiger partial charge on any atom is -0.462 e. The van der Waals surface area contributed by atoms with Crippen LogP contribution in [-0.2, 0) is 28.6 Å². The number of ether oxygens (including phenoxy) is 3. The molecule has 65 heavy (non-hydrogen) atoms. The van der Waals surface area contributed by atoms with E-state index in [1.807, 2.05) is 0 Å². The van der Waals surface area contributed by atoms with Gasteiger partial charge in [0.05, 0.1) is 0 Å². The Morgan fingerprint density at radius 2 is 0.508 bits per heavy atom. The lowest BCUT2D eigenvalue weighted by Gasteiger charge is -2.18. The summed E-state index contributed by atoms with van der Waals surface area (Å²) in [5.41, 5.74) is 0. The standard InChI is InChI=1S/C59H114O6/c1-6-7-8-9-10-11-12-13-14-15-19-24-29-34-39-44-49-57(60)63-52-56(65-59(62)51-46-41-36-31-26-21-23-28-33-38-43-48-55(4)5)53-64-58(61)50-45-40-35-30-25-20-17-16-18-22-27-32-37-42-47-54(2)3/h54-56H,6-53H2,1-5H3/t56-/m1/s1. The Bertz CT molecular complexity index is 993. The SMILES string of the molecule is CCCCCCCCCCCCCCCCCCC(=O)OC[C@H](COC(=O)CCCCCCCCCCCCCCCCC(C)C)OC(=O)CCCCCCCCCCCCCC(C)C. The fourth-order valence-corrected chi connectivity index (χ4v) is 9.05. The first-order valence-electron chi connectivity index (χ1n) is 29.2. The fraction of sp³-hybridized carbons (Fsp3) is 0.949. The monoisotopic (exact) mass is 919 g/mol. The molecule has 0 fully saturated rings. The third kappa shape index (κ3) is 53.2. The van der Waals surface area contributed by atoms with Crippen LogP contribution in [0.1, 0.15) is 330 Å². The highest BCUT2D eigenvalue weighted by Crippen LogP contribution is 2.18. The first kappa shape index (κ1) is 63.4. The number of hydrogen-bond acceptors (Lipinski definition) is 6. The average Bonchev–Trinajstić information content (AvgIpc) is 3.28. The van der Waals surface area contributed by atoms with E-state index >= 15 is 0 Å². The average molecular weight is 920 g/mol. The van der Waals surface area contributed by atoms with Crippen LogP contribution in [0.15, 0.2) is 0 Å². The van der Waals surface area contributed by atoms with Crippen molar-refractivity contribution < 1.29 is 28.6 Å². The molecule has 0 aliphatic rings. The molecule has 6 nitrogen and oxygen atoms in total. The van der Waals surface area contributed by atoms with Crippen LogP contribution in [0, 0.1) is 11.8 Å². The summed E-state index contributed by atoms with van der Waals surface area (Å²) in [5.74, 6) is 0.831. The predicted molar refractivity (Wildman–Crippen MR) is 280 cm³/mol. The highest BCUT2D eigenvalue weighted by Gasteiger charge is 2.19. The summed E-state index contributed by atoms with van der Waals surface area (Å²) in [6, 6.07) is 0. The van der Waals surface area contributed by atoms with Crippen LogP contribution in [0.2, 0.25) is 0 Å². The molecule has 0 aromatic rings. The topological polar surface area (TPSA) is 78.9 Å². The number of carbonyl (C=O) groups excluding carboxylic acids is 3. The smallest absolute Gasteiger partial charge is 0.306 e. The van der Waals surface area contributed by atoms with Crippen molar-refractivity contribution in [3.8, 4) is 0 Å². The van der Waals surface area contributed by atoms with Crippen molar-refractivity contribution in [3.63, 3.8) is 0 Å². The molecule has 0 saturated carbocycles. The minimum absolute atomic E-state index is 0.0626.